The smallest absolute Gasteiger partial charge is 0.251 e. The van der Waals surface area contributed by atoms with Crippen molar-refractivity contribution in [3.63, 3.8) is 0 Å². The molecule has 6 N–H and O–H groups in total. The number of aromatic amines is 1. The number of aldehydes is 1. The average Bonchev–Trinajstić information content (AvgIpc) is 3.29. The lowest BCUT2D eigenvalue weighted by atomic mass is 9.84. The first-order valence-electron chi connectivity index (χ1n) is 12.7. The molecule has 0 spiro atoms. The number of carbonyl (C=O) groups excluding carboxylic acids is 2. The summed E-state index contributed by atoms with van der Waals surface area (Å²) >= 11 is 0. The fourth-order valence-corrected chi connectivity index (χ4v) is 5.00. The van der Waals surface area contributed by atoms with E-state index in [4.69, 9.17) is 11.5 Å². The van der Waals surface area contributed by atoms with E-state index in [0.717, 1.165) is 48.9 Å². The highest BCUT2D eigenvalue weighted by Gasteiger charge is 2.23. The van der Waals surface area contributed by atoms with Gasteiger partial charge in [-0.25, -0.2) is 0 Å². The Morgan fingerprint density at radius 3 is 2.21 bits per heavy atom. The monoisotopic (exact) mass is 507 g/mol. The number of hydrogen-bond acceptors (Lipinski definition) is 5. The lowest BCUT2D eigenvalue weighted by molar-refractivity contribution is -0.103. The number of allylic oxidation sites excluding steroid dienone is 1. The number of aromatic nitrogens is 2. The molecule has 1 saturated heterocycles. The van der Waals surface area contributed by atoms with Crippen LogP contribution in [0, 0.1) is 6.92 Å². The van der Waals surface area contributed by atoms with Gasteiger partial charge in [-0.2, -0.15) is 0 Å². The topological polar surface area (TPSA) is 127 Å². The molecule has 0 unspecified atom stereocenters. The van der Waals surface area contributed by atoms with Gasteiger partial charge in [0.25, 0.3) is 5.91 Å². The number of piperidine rings is 1. The number of primary amides is 1. The first-order chi connectivity index (χ1) is 18.5. The quantitative estimate of drug-likeness (QED) is 0.167. The molecule has 7 nitrogen and oxygen atoms in total. The number of rotatable bonds is 6. The van der Waals surface area contributed by atoms with Gasteiger partial charge in [-0.1, -0.05) is 48.5 Å². The van der Waals surface area contributed by atoms with Crippen LogP contribution in [0.5, 0.6) is 0 Å². The summed E-state index contributed by atoms with van der Waals surface area (Å²) in [5.41, 5.74) is 18.3. The summed E-state index contributed by atoms with van der Waals surface area (Å²) in [5, 5.41) is 3.38. The molecule has 0 aliphatic carbocycles. The van der Waals surface area contributed by atoms with E-state index in [9.17, 15) is 9.59 Å². The third-order valence-electron chi connectivity index (χ3n) is 6.72. The van der Waals surface area contributed by atoms with Gasteiger partial charge in [0.05, 0.1) is 5.56 Å². The second-order valence-corrected chi connectivity index (χ2v) is 9.22. The molecule has 1 aliphatic rings. The van der Waals surface area contributed by atoms with Gasteiger partial charge in [0, 0.05) is 46.2 Å². The zero-order valence-corrected chi connectivity index (χ0v) is 21.5. The minimum Gasteiger partial charge on any atom is -0.398 e. The Bertz CT molecular complexity index is 1380. The molecule has 1 aliphatic heterocycles. The number of nitrogens with zero attached hydrogens (tertiary/aromatic N) is 1. The van der Waals surface area contributed by atoms with Crippen molar-refractivity contribution in [2.45, 2.75) is 25.7 Å². The van der Waals surface area contributed by atoms with Gasteiger partial charge >= 0.3 is 0 Å². The molecular formula is C31H33N5O2. The number of anilines is 1. The van der Waals surface area contributed by atoms with Crippen LogP contribution < -0.4 is 16.8 Å². The van der Waals surface area contributed by atoms with Gasteiger partial charge in [0.1, 0.15) is 0 Å². The van der Waals surface area contributed by atoms with E-state index in [2.05, 4.69) is 21.4 Å². The van der Waals surface area contributed by atoms with Crippen molar-refractivity contribution in [3.05, 3.63) is 107 Å². The molecule has 0 bridgehead atoms. The minimum absolute atomic E-state index is 0.332. The number of carbonyl (C=O) groups is 2. The van der Waals surface area contributed by atoms with E-state index in [-0.39, 0.29) is 0 Å². The zero-order chi connectivity index (χ0) is 26.9. The van der Waals surface area contributed by atoms with Crippen LogP contribution in [-0.2, 0) is 4.79 Å². The molecule has 1 fully saturated rings. The number of aryl methyl sites for hydroxylation is 1. The van der Waals surface area contributed by atoms with Crippen LogP contribution in [0.4, 0.5) is 5.69 Å². The van der Waals surface area contributed by atoms with Crippen LogP contribution in [0.15, 0.2) is 79.1 Å². The Morgan fingerprint density at radius 2 is 1.63 bits per heavy atom. The maximum absolute atomic E-state index is 12.3. The van der Waals surface area contributed by atoms with E-state index in [1.165, 1.54) is 0 Å². The minimum atomic E-state index is -0.514. The number of nitrogens with two attached hydrogens (primary N) is 2. The standard InChI is InChI=1S/C26H28N4O2.C5H5N/c1-16-23(26(28)32)25(18-6-3-2-4-7-18)22(30-16)14-19(15-31)24-20(8-5-9-21(24)27)17-10-12-29-13-11-17;1-2-4-6-5-3-1/h2-9,14-15,17,29-30H,10-13,27H2,1H3,(H2,28,32);1-5H/b19-14+;. The molecule has 194 valence electrons. The van der Waals surface area contributed by atoms with Crippen LogP contribution in [0.2, 0.25) is 0 Å². The van der Waals surface area contributed by atoms with E-state index >= 15 is 0 Å². The SMILES string of the molecule is Cc1[nH]c(/C=C(\C=O)c2c(N)cccc2C2CCNCC2)c(-c2ccccc2)c1C(N)=O.c1ccncc1. The summed E-state index contributed by atoms with van der Waals surface area (Å²) in [7, 11) is 0. The fourth-order valence-electron chi connectivity index (χ4n) is 5.00. The number of nitrogen functional groups attached to an aromatic ring is 1. The van der Waals surface area contributed by atoms with Crippen molar-refractivity contribution in [2.24, 2.45) is 5.73 Å². The number of pyridine rings is 1. The van der Waals surface area contributed by atoms with Gasteiger partial charge in [0.15, 0.2) is 6.29 Å². The Morgan fingerprint density at radius 1 is 0.947 bits per heavy atom. The fraction of sp³-hybridized carbons (Fsp3) is 0.194. The van der Waals surface area contributed by atoms with Crippen LogP contribution in [0.1, 0.15) is 51.6 Å². The number of hydrogen-bond donors (Lipinski definition) is 4. The number of H-pyrrole nitrogens is 1. The summed E-state index contributed by atoms with van der Waals surface area (Å²) in [6.45, 7) is 3.69. The Labute approximate surface area is 223 Å². The van der Waals surface area contributed by atoms with Gasteiger partial charge in [-0.3, -0.25) is 14.6 Å². The number of amides is 1. The van der Waals surface area contributed by atoms with E-state index < -0.39 is 5.91 Å². The zero-order valence-electron chi connectivity index (χ0n) is 21.5. The molecule has 38 heavy (non-hydrogen) atoms. The molecule has 1 amide bonds. The molecule has 3 heterocycles. The molecule has 4 aromatic rings. The highest BCUT2D eigenvalue weighted by molar-refractivity contribution is 6.17. The molecule has 5 rings (SSSR count). The Balaban J connectivity index is 0.000000494. The lowest BCUT2D eigenvalue weighted by Crippen LogP contribution is -2.27. The molecule has 7 heteroatoms. The highest BCUT2D eigenvalue weighted by atomic mass is 16.1. The maximum atomic E-state index is 12.3. The maximum Gasteiger partial charge on any atom is 0.251 e. The van der Waals surface area contributed by atoms with Crippen LogP contribution in [0.3, 0.4) is 0 Å². The average molecular weight is 508 g/mol. The van der Waals surface area contributed by atoms with Crippen LogP contribution in [-0.4, -0.2) is 35.3 Å². The predicted molar refractivity (Wildman–Crippen MR) is 153 cm³/mol. The van der Waals surface area contributed by atoms with Gasteiger partial charge < -0.3 is 21.8 Å². The van der Waals surface area contributed by atoms with Crippen molar-refractivity contribution in [3.8, 4) is 11.1 Å². The van der Waals surface area contributed by atoms with E-state index in [1.807, 2.05) is 67.6 Å². The summed E-state index contributed by atoms with van der Waals surface area (Å²) in [4.78, 5) is 31.6. The molecule has 0 saturated carbocycles. The third-order valence-corrected chi connectivity index (χ3v) is 6.72. The molecular weight excluding hydrogens is 474 g/mol. The summed E-state index contributed by atoms with van der Waals surface area (Å²) in [6.07, 6.45) is 8.10. The number of nitrogens with one attached hydrogen (secondary N) is 2. The van der Waals surface area contributed by atoms with Crippen molar-refractivity contribution < 1.29 is 9.59 Å². The van der Waals surface area contributed by atoms with Crippen molar-refractivity contribution >= 4 is 29.5 Å². The highest BCUT2D eigenvalue weighted by Crippen LogP contribution is 2.37. The van der Waals surface area contributed by atoms with Gasteiger partial charge in [-0.15, -0.1) is 0 Å². The summed E-state index contributed by atoms with van der Waals surface area (Å²) in [5.74, 6) is -0.183. The normalized spacial score (nSPS) is 13.9. The van der Waals surface area contributed by atoms with Crippen molar-refractivity contribution in [1.29, 1.82) is 0 Å². The Hall–Kier alpha value is -4.49. The first kappa shape index (κ1) is 26.6. The second-order valence-electron chi connectivity index (χ2n) is 9.22. The van der Waals surface area contributed by atoms with Crippen LogP contribution in [0.25, 0.3) is 22.8 Å². The molecule has 0 atom stereocenters. The Kier molecular flexibility index (Phi) is 8.85. The molecule has 2 aromatic heterocycles. The second kappa shape index (κ2) is 12.7. The third kappa shape index (κ3) is 6.07. The van der Waals surface area contributed by atoms with Gasteiger partial charge in [0.2, 0.25) is 0 Å². The predicted octanol–water partition coefficient (Wildman–Crippen LogP) is 4.96. The van der Waals surface area contributed by atoms with E-state index in [0.29, 0.717) is 39.7 Å². The van der Waals surface area contributed by atoms with Crippen LogP contribution >= 0.6 is 0 Å². The first-order valence-corrected chi connectivity index (χ1v) is 12.7. The number of benzene rings is 2. The summed E-state index contributed by atoms with van der Waals surface area (Å²) in [6, 6.07) is 21.1. The molecule has 2 aromatic carbocycles. The van der Waals surface area contributed by atoms with Gasteiger partial charge in [-0.05, 0) is 74.2 Å². The van der Waals surface area contributed by atoms with Crippen molar-refractivity contribution in [2.75, 3.05) is 18.8 Å². The summed E-state index contributed by atoms with van der Waals surface area (Å²) < 4.78 is 0. The largest absolute Gasteiger partial charge is 0.398 e. The molecule has 0 radical (unpaired) electrons. The van der Waals surface area contributed by atoms with E-state index in [1.54, 1.807) is 18.5 Å². The lowest BCUT2D eigenvalue weighted by Gasteiger charge is -2.26. The van der Waals surface area contributed by atoms with Crippen molar-refractivity contribution in [1.82, 2.24) is 15.3 Å².